The van der Waals surface area contributed by atoms with Crippen LogP contribution in [0.5, 0.6) is 5.75 Å². The predicted molar refractivity (Wildman–Crippen MR) is 153 cm³/mol. The molecule has 0 bridgehead atoms. The molecule has 0 heterocycles. The molecule has 1 saturated carbocycles. The van der Waals surface area contributed by atoms with E-state index in [0.29, 0.717) is 0 Å². The van der Waals surface area contributed by atoms with Gasteiger partial charge in [0.05, 0.1) is 7.11 Å². The number of rotatable bonds is 7. The van der Waals surface area contributed by atoms with Crippen molar-refractivity contribution in [3.63, 3.8) is 0 Å². The van der Waals surface area contributed by atoms with E-state index in [0.717, 1.165) is 41.8 Å². The molecule has 5 rings (SSSR count). The summed E-state index contributed by atoms with van der Waals surface area (Å²) in [6.07, 6.45) is 2.77. The zero-order chi connectivity index (χ0) is 25.2. The fraction of sp³-hybridized carbons (Fsp3) is 0.219. The third kappa shape index (κ3) is 3.83. The SMILES string of the molecule is COc1cc(C)c(NC(=O)C2([P+](c3ccccc3)(c3ccccc3)c3ccccc3)CCC2)c(C)c1. The molecule has 182 valence electrons. The van der Waals surface area contributed by atoms with Gasteiger partial charge in [0.2, 0.25) is 0 Å². The van der Waals surface area contributed by atoms with Crippen LogP contribution in [0.1, 0.15) is 30.4 Å². The lowest BCUT2D eigenvalue weighted by Gasteiger charge is -2.48. The number of benzene rings is 4. The number of amides is 1. The second kappa shape index (κ2) is 9.91. The second-order valence-corrected chi connectivity index (χ2v) is 13.4. The number of hydrogen-bond acceptors (Lipinski definition) is 2. The average Bonchev–Trinajstić information content (AvgIpc) is 2.89. The summed E-state index contributed by atoms with van der Waals surface area (Å²) in [6.45, 7) is 4.07. The summed E-state index contributed by atoms with van der Waals surface area (Å²) in [4.78, 5) is 14.6. The number of methoxy groups -OCH3 is 1. The fourth-order valence-corrected chi connectivity index (χ4v) is 11.4. The average molecular weight is 495 g/mol. The molecule has 1 amide bonds. The first-order valence-corrected chi connectivity index (χ1v) is 14.3. The maximum absolute atomic E-state index is 14.6. The summed E-state index contributed by atoms with van der Waals surface area (Å²) in [7, 11) is -0.689. The van der Waals surface area contributed by atoms with E-state index in [4.69, 9.17) is 4.74 Å². The standard InChI is InChI=1S/C32H32NO2P/c1-24-22-26(35-3)23-25(2)30(24)33-31(34)32(20-13-21-32)36(27-14-7-4-8-15-27,28-16-9-5-10-17-28)29-18-11-6-12-19-29/h4-12,14-19,22-23H,13,20-21H2,1-3H3/p+1. The second-order valence-electron chi connectivity index (χ2n) is 9.65. The van der Waals surface area contributed by atoms with Crippen molar-refractivity contribution in [1.29, 1.82) is 0 Å². The first-order valence-electron chi connectivity index (χ1n) is 12.6. The Bertz CT molecular complexity index is 1230. The molecule has 0 radical (unpaired) electrons. The molecule has 36 heavy (non-hydrogen) atoms. The summed E-state index contributed by atoms with van der Waals surface area (Å²) in [5.74, 6) is 0.927. The highest BCUT2D eigenvalue weighted by molar-refractivity contribution is 7.97. The van der Waals surface area contributed by atoms with Crippen LogP contribution in [-0.2, 0) is 4.79 Å². The molecule has 4 heteroatoms. The van der Waals surface area contributed by atoms with Gasteiger partial charge in [-0.2, -0.15) is 0 Å². The van der Waals surface area contributed by atoms with Crippen molar-refractivity contribution < 1.29 is 9.53 Å². The van der Waals surface area contributed by atoms with Gasteiger partial charge in [0.1, 0.15) is 28.9 Å². The van der Waals surface area contributed by atoms with E-state index >= 15 is 0 Å². The normalized spacial score (nSPS) is 14.5. The summed E-state index contributed by atoms with van der Waals surface area (Å²) in [5.41, 5.74) is 2.91. The maximum atomic E-state index is 14.6. The molecule has 0 unspecified atom stereocenters. The van der Waals surface area contributed by atoms with Crippen molar-refractivity contribution in [3.8, 4) is 5.75 Å². The van der Waals surface area contributed by atoms with Crippen LogP contribution in [0.2, 0.25) is 0 Å². The van der Waals surface area contributed by atoms with Gasteiger partial charge in [0.25, 0.3) is 5.91 Å². The summed E-state index contributed by atoms with van der Waals surface area (Å²) in [5, 5.41) is 6.64. The van der Waals surface area contributed by atoms with Gasteiger partial charge in [-0.05, 0) is 92.8 Å². The molecule has 1 N–H and O–H groups in total. The molecule has 1 aliphatic carbocycles. The van der Waals surface area contributed by atoms with E-state index in [1.54, 1.807) is 7.11 Å². The fourth-order valence-electron chi connectivity index (χ4n) is 5.84. The van der Waals surface area contributed by atoms with Crippen molar-refractivity contribution in [1.82, 2.24) is 0 Å². The van der Waals surface area contributed by atoms with Crippen LogP contribution in [0, 0.1) is 13.8 Å². The van der Waals surface area contributed by atoms with Crippen LogP contribution >= 0.6 is 7.26 Å². The minimum absolute atomic E-state index is 0.120. The third-order valence-electron chi connectivity index (χ3n) is 7.66. The number of aryl methyl sites for hydroxylation is 2. The summed E-state index contributed by atoms with van der Waals surface area (Å²) in [6, 6.07) is 36.2. The maximum Gasteiger partial charge on any atom is 0.269 e. The van der Waals surface area contributed by atoms with Gasteiger partial charge < -0.3 is 10.1 Å². The van der Waals surface area contributed by atoms with Crippen molar-refractivity contribution in [3.05, 3.63) is 114 Å². The van der Waals surface area contributed by atoms with E-state index in [-0.39, 0.29) is 5.91 Å². The van der Waals surface area contributed by atoms with Crippen molar-refractivity contribution in [2.75, 3.05) is 12.4 Å². The minimum atomic E-state index is -2.36. The predicted octanol–water partition coefficient (Wildman–Crippen LogP) is 6.17. The lowest BCUT2D eigenvalue weighted by atomic mass is 9.83. The Morgan fingerprint density at radius 3 is 1.50 bits per heavy atom. The number of nitrogens with one attached hydrogen (secondary N) is 1. The summed E-state index contributed by atoms with van der Waals surface area (Å²) >= 11 is 0. The topological polar surface area (TPSA) is 38.3 Å². The van der Waals surface area contributed by atoms with Gasteiger partial charge in [-0.3, -0.25) is 4.79 Å². The molecule has 0 aliphatic heterocycles. The van der Waals surface area contributed by atoms with Gasteiger partial charge in [0.15, 0.2) is 5.16 Å². The van der Waals surface area contributed by atoms with E-state index < -0.39 is 12.4 Å². The Balaban J connectivity index is 1.74. The quantitative estimate of drug-likeness (QED) is 0.312. The van der Waals surface area contributed by atoms with Gasteiger partial charge in [-0.25, -0.2) is 0 Å². The molecule has 4 aromatic rings. The highest BCUT2D eigenvalue weighted by atomic mass is 31.2. The van der Waals surface area contributed by atoms with Crippen molar-refractivity contribution >= 4 is 34.8 Å². The zero-order valence-electron chi connectivity index (χ0n) is 21.2. The molecule has 0 atom stereocenters. The molecule has 1 fully saturated rings. The van der Waals surface area contributed by atoms with Crippen LogP contribution < -0.4 is 26.0 Å². The molecular weight excluding hydrogens is 461 g/mol. The van der Waals surface area contributed by atoms with Gasteiger partial charge >= 0.3 is 0 Å². The Hall–Kier alpha value is -3.42. The molecule has 3 nitrogen and oxygen atoms in total. The Kier molecular flexibility index (Phi) is 6.69. The number of hydrogen-bond donors (Lipinski definition) is 1. The Morgan fingerprint density at radius 2 is 1.17 bits per heavy atom. The van der Waals surface area contributed by atoms with E-state index in [1.807, 2.05) is 26.0 Å². The van der Waals surface area contributed by atoms with Crippen LogP contribution in [0.25, 0.3) is 0 Å². The van der Waals surface area contributed by atoms with Crippen LogP contribution in [-0.4, -0.2) is 18.2 Å². The monoisotopic (exact) mass is 494 g/mol. The van der Waals surface area contributed by atoms with E-state index in [9.17, 15) is 4.79 Å². The van der Waals surface area contributed by atoms with Crippen LogP contribution in [0.15, 0.2) is 103 Å². The highest BCUT2D eigenvalue weighted by Gasteiger charge is 2.69. The molecule has 1 aliphatic rings. The lowest BCUT2D eigenvalue weighted by Crippen LogP contribution is -2.58. The number of ether oxygens (including phenoxy) is 1. The van der Waals surface area contributed by atoms with Crippen molar-refractivity contribution in [2.24, 2.45) is 0 Å². The molecule has 0 aromatic heterocycles. The highest BCUT2D eigenvalue weighted by Crippen LogP contribution is 2.72. The van der Waals surface area contributed by atoms with E-state index in [2.05, 4.69) is 96.3 Å². The van der Waals surface area contributed by atoms with Gasteiger partial charge in [-0.15, -0.1) is 0 Å². The van der Waals surface area contributed by atoms with Gasteiger partial charge in [-0.1, -0.05) is 54.6 Å². The van der Waals surface area contributed by atoms with Gasteiger partial charge in [0, 0.05) is 5.69 Å². The number of carbonyl (C=O) groups is 1. The largest absolute Gasteiger partial charge is 0.497 e. The molecule has 0 spiro atoms. The van der Waals surface area contributed by atoms with E-state index in [1.165, 1.54) is 15.9 Å². The van der Waals surface area contributed by atoms with Crippen LogP contribution in [0.3, 0.4) is 0 Å². The molecule has 4 aromatic carbocycles. The number of anilines is 1. The molecular formula is C32H33NO2P+. The molecule has 0 saturated heterocycles. The first-order chi connectivity index (χ1) is 17.5. The van der Waals surface area contributed by atoms with Crippen LogP contribution in [0.4, 0.5) is 5.69 Å². The smallest absolute Gasteiger partial charge is 0.269 e. The Morgan fingerprint density at radius 1 is 0.750 bits per heavy atom. The zero-order valence-corrected chi connectivity index (χ0v) is 22.1. The third-order valence-corrected chi connectivity index (χ3v) is 12.8. The first kappa shape index (κ1) is 24.3. The number of carbonyl (C=O) groups excluding carboxylic acids is 1. The van der Waals surface area contributed by atoms with Crippen molar-refractivity contribution in [2.45, 2.75) is 38.3 Å². The Labute approximate surface area is 214 Å². The minimum Gasteiger partial charge on any atom is -0.497 e. The summed E-state index contributed by atoms with van der Waals surface area (Å²) < 4.78 is 5.46. The lowest BCUT2D eigenvalue weighted by molar-refractivity contribution is -0.120.